The van der Waals surface area contributed by atoms with Crippen molar-refractivity contribution >= 4 is 28.4 Å². The molecule has 0 bridgehead atoms. The first kappa shape index (κ1) is 15.7. The van der Waals surface area contributed by atoms with E-state index in [4.69, 9.17) is 16.2 Å². The third-order valence-corrected chi connectivity index (χ3v) is 4.16. The maximum absolute atomic E-state index is 11.4. The molecule has 21 heavy (non-hydrogen) atoms. The average Bonchev–Trinajstić information content (AvgIpc) is 2.66. The molecule has 7 nitrogen and oxygen atoms in total. The van der Waals surface area contributed by atoms with E-state index in [0.29, 0.717) is 24.7 Å². The normalized spacial score (nSPS) is 15.1. The molecule has 0 aromatic carbocycles. The lowest BCUT2D eigenvalue weighted by molar-refractivity contribution is -0.143. The van der Waals surface area contributed by atoms with Crippen molar-refractivity contribution < 1.29 is 9.53 Å². The van der Waals surface area contributed by atoms with Crippen LogP contribution < -0.4 is 11.5 Å². The smallest absolute Gasteiger partial charge is 0.307 e. The van der Waals surface area contributed by atoms with E-state index in [2.05, 4.69) is 14.9 Å². The lowest BCUT2D eigenvalue weighted by Gasteiger charge is -2.18. The molecule has 0 spiro atoms. The molecule has 2 heterocycles. The number of aromatic nitrogens is 1. The molecule has 0 amide bonds. The second kappa shape index (κ2) is 7.37. The van der Waals surface area contributed by atoms with E-state index < -0.39 is 0 Å². The molecule has 0 radical (unpaired) electrons. The topological polar surface area (TPSA) is 107 Å². The largest absolute Gasteiger partial charge is 0.466 e. The summed E-state index contributed by atoms with van der Waals surface area (Å²) in [6.45, 7) is 4.69. The molecule has 0 unspecified atom stereocenters. The molecule has 0 aliphatic carbocycles. The molecule has 0 saturated heterocycles. The number of aliphatic imine (C=N–C) groups is 1. The first-order valence-corrected chi connectivity index (χ1v) is 7.86. The first-order chi connectivity index (χ1) is 10.1. The summed E-state index contributed by atoms with van der Waals surface area (Å²) >= 11 is 1.51. The SMILES string of the molecule is CCOC(=O)CCN1CCCc2nc(N=C(N)N)sc2C1. The molecule has 8 heteroatoms. The quantitative estimate of drug-likeness (QED) is 0.472. The van der Waals surface area contributed by atoms with E-state index in [0.717, 1.165) is 31.6 Å². The summed E-state index contributed by atoms with van der Waals surface area (Å²) in [6, 6.07) is 0. The van der Waals surface area contributed by atoms with Crippen LogP contribution in [0.25, 0.3) is 0 Å². The molecular formula is C13H21N5O2S. The van der Waals surface area contributed by atoms with E-state index in [-0.39, 0.29) is 11.9 Å². The van der Waals surface area contributed by atoms with Crippen molar-refractivity contribution in [2.45, 2.75) is 32.7 Å². The zero-order chi connectivity index (χ0) is 15.2. The molecule has 1 aliphatic heterocycles. The lowest BCUT2D eigenvalue weighted by Crippen LogP contribution is -2.26. The Hall–Kier alpha value is -1.67. The van der Waals surface area contributed by atoms with Gasteiger partial charge in [-0.3, -0.25) is 9.69 Å². The number of esters is 1. The van der Waals surface area contributed by atoms with Gasteiger partial charge in [0.2, 0.25) is 5.13 Å². The van der Waals surface area contributed by atoms with Gasteiger partial charge in [0.15, 0.2) is 5.96 Å². The number of nitrogens with two attached hydrogens (primary N) is 2. The fourth-order valence-corrected chi connectivity index (χ4v) is 3.31. The van der Waals surface area contributed by atoms with Gasteiger partial charge in [-0.2, -0.15) is 4.99 Å². The predicted octanol–water partition coefficient (Wildman–Crippen LogP) is 0.749. The summed E-state index contributed by atoms with van der Waals surface area (Å²) in [4.78, 5) is 23.3. The van der Waals surface area contributed by atoms with Crippen LogP contribution in [0.5, 0.6) is 0 Å². The minimum Gasteiger partial charge on any atom is -0.466 e. The van der Waals surface area contributed by atoms with Crippen molar-refractivity contribution in [1.82, 2.24) is 9.88 Å². The van der Waals surface area contributed by atoms with Crippen LogP contribution in [0.4, 0.5) is 5.13 Å². The highest BCUT2D eigenvalue weighted by molar-refractivity contribution is 7.15. The van der Waals surface area contributed by atoms with Crippen LogP contribution in [0.3, 0.4) is 0 Å². The number of hydrogen-bond acceptors (Lipinski definition) is 6. The third kappa shape index (κ3) is 4.68. The summed E-state index contributed by atoms with van der Waals surface area (Å²) in [5, 5.41) is 0.604. The van der Waals surface area contributed by atoms with E-state index in [1.54, 1.807) is 0 Å². The minimum absolute atomic E-state index is 0.0260. The summed E-state index contributed by atoms with van der Waals surface area (Å²) in [5.41, 5.74) is 11.8. The summed E-state index contributed by atoms with van der Waals surface area (Å²) < 4.78 is 4.96. The number of ether oxygens (including phenoxy) is 1. The first-order valence-electron chi connectivity index (χ1n) is 7.04. The highest BCUT2D eigenvalue weighted by Gasteiger charge is 2.19. The highest BCUT2D eigenvalue weighted by Crippen LogP contribution is 2.29. The van der Waals surface area contributed by atoms with Gasteiger partial charge in [0.05, 0.1) is 18.7 Å². The van der Waals surface area contributed by atoms with Gasteiger partial charge in [-0.25, -0.2) is 4.98 Å². The number of fused-ring (bicyclic) bond motifs is 1. The Kier molecular flexibility index (Phi) is 5.51. The van der Waals surface area contributed by atoms with E-state index >= 15 is 0 Å². The zero-order valence-electron chi connectivity index (χ0n) is 12.2. The zero-order valence-corrected chi connectivity index (χ0v) is 13.0. The van der Waals surface area contributed by atoms with Gasteiger partial charge >= 0.3 is 5.97 Å². The van der Waals surface area contributed by atoms with Gasteiger partial charge in [0.1, 0.15) is 0 Å². The van der Waals surface area contributed by atoms with Crippen LogP contribution in [-0.2, 0) is 22.5 Å². The van der Waals surface area contributed by atoms with Gasteiger partial charge in [-0.05, 0) is 26.3 Å². The number of thiazole rings is 1. The Morgan fingerprint density at radius 3 is 3.05 bits per heavy atom. The fraction of sp³-hybridized carbons (Fsp3) is 0.615. The van der Waals surface area contributed by atoms with Crippen molar-refractivity contribution in [3.63, 3.8) is 0 Å². The van der Waals surface area contributed by atoms with Crippen LogP contribution in [0, 0.1) is 0 Å². The van der Waals surface area contributed by atoms with E-state index in [1.165, 1.54) is 16.2 Å². The Morgan fingerprint density at radius 1 is 1.52 bits per heavy atom. The number of guanidine groups is 1. The molecule has 1 aliphatic rings. The van der Waals surface area contributed by atoms with Gasteiger partial charge < -0.3 is 16.2 Å². The Balaban J connectivity index is 1.98. The Morgan fingerprint density at radius 2 is 2.33 bits per heavy atom. The molecular weight excluding hydrogens is 290 g/mol. The molecule has 116 valence electrons. The van der Waals surface area contributed by atoms with Crippen molar-refractivity contribution in [2.24, 2.45) is 16.5 Å². The van der Waals surface area contributed by atoms with Crippen molar-refractivity contribution in [2.75, 3.05) is 19.7 Å². The molecule has 4 N–H and O–H groups in total. The standard InChI is InChI=1S/C13H21N5O2S/c1-2-20-11(19)5-7-18-6-3-4-9-10(8-18)21-13(16-9)17-12(14)15/h2-8H2,1H3,(H4,14,15,16,17). The summed E-state index contributed by atoms with van der Waals surface area (Å²) in [6.07, 6.45) is 2.35. The third-order valence-electron chi connectivity index (χ3n) is 3.18. The number of carbonyl (C=O) groups excluding carboxylic acids is 1. The van der Waals surface area contributed by atoms with Gasteiger partial charge in [0, 0.05) is 18.0 Å². The van der Waals surface area contributed by atoms with Crippen molar-refractivity contribution in [1.29, 1.82) is 0 Å². The number of rotatable bonds is 5. The summed E-state index contributed by atoms with van der Waals surface area (Å²) in [7, 11) is 0. The Bertz CT molecular complexity index is 525. The van der Waals surface area contributed by atoms with Crippen molar-refractivity contribution in [3.8, 4) is 0 Å². The molecule has 1 aromatic heterocycles. The number of nitrogens with zero attached hydrogens (tertiary/aromatic N) is 3. The number of aryl methyl sites for hydroxylation is 1. The van der Waals surface area contributed by atoms with Gasteiger partial charge in [-0.1, -0.05) is 11.3 Å². The van der Waals surface area contributed by atoms with Crippen LogP contribution in [0.1, 0.15) is 30.3 Å². The highest BCUT2D eigenvalue weighted by atomic mass is 32.1. The van der Waals surface area contributed by atoms with Crippen LogP contribution >= 0.6 is 11.3 Å². The lowest BCUT2D eigenvalue weighted by atomic mass is 10.2. The second-order valence-electron chi connectivity index (χ2n) is 4.84. The molecule has 0 atom stereocenters. The van der Waals surface area contributed by atoms with Crippen LogP contribution in [0.2, 0.25) is 0 Å². The molecule has 2 rings (SSSR count). The maximum Gasteiger partial charge on any atom is 0.307 e. The van der Waals surface area contributed by atoms with Gasteiger partial charge in [-0.15, -0.1) is 0 Å². The van der Waals surface area contributed by atoms with Crippen LogP contribution in [0.15, 0.2) is 4.99 Å². The van der Waals surface area contributed by atoms with Crippen LogP contribution in [-0.4, -0.2) is 41.5 Å². The fourth-order valence-electron chi connectivity index (χ4n) is 2.27. The van der Waals surface area contributed by atoms with E-state index in [1.807, 2.05) is 6.92 Å². The second-order valence-corrected chi connectivity index (χ2v) is 5.90. The Labute approximate surface area is 128 Å². The molecule has 0 fully saturated rings. The number of hydrogen-bond donors (Lipinski definition) is 2. The predicted molar refractivity (Wildman–Crippen MR) is 82.4 cm³/mol. The number of carbonyl (C=O) groups is 1. The molecule has 0 saturated carbocycles. The molecule has 1 aromatic rings. The van der Waals surface area contributed by atoms with Crippen molar-refractivity contribution in [3.05, 3.63) is 10.6 Å². The van der Waals surface area contributed by atoms with E-state index in [9.17, 15) is 4.79 Å². The average molecular weight is 311 g/mol. The maximum atomic E-state index is 11.4. The monoisotopic (exact) mass is 311 g/mol. The van der Waals surface area contributed by atoms with Gasteiger partial charge in [0.25, 0.3) is 0 Å². The minimum atomic E-state index is -0.146. The summed E-state index contributed by atoms with van der Waals surface area (Å²) in [5.74, 6) is -0.120.